The second-order valence-electron chi connectivity index (χ2n) is 7.34. The standard InChI is InChI=1S/C17H24N4O2/c1-11-13(10-18-19-11)12-5-7-21(8-6-12)16(22)14-9-15(23-20-14)17(2,3)4/h9-10,12H,5-8H2,1-4H3,(H,18,19). The van der Waals surface area contributed by atoms with Crippen LogP contribution in [-0.2, 0) is 5.41 Å². The summed E-state index contributed by atoms with van der Waals surface area (Å²) in [5, 5.41) is 11.0. The number of aryl methyl sites for hydroxylation is 1. The van der Waals surface area contributed by atoms with Crippen LogP contribution in [0.3, 0.4) is 0 Å². The molecular formula is C17H24N4O2. The summed E-state index contributed by atoms with van der Waals surface area (Å²) in [4.78, 5) is 14.5. The van der Waals surface area contributed by atoms with Gasteiger partial charge in [-0.05, 0) is 31.2 Å². The van der Waals surface area contributed by atoms with Gasteiger partial charge < -0.3 is 9.42 Å². The first-order valence-corrected chi connectivity index (χ1v) is 8.12. The average Bonchev–Trinajstić information content (AvgIpc) is 3.15. The highest BCUT2D eigenvalue weighted by molar-refractivity contribution is 5.92. The van der Waals surface area contributed by atoms with Crippen LogP contribution in [0.1, 0.15) is 67.0 Å². The molecule has 0 aromatic carbocycles. The highest BCUT2D eigenvalue weighted by atomic mass is 16.5. The maximum absolute atomic E-state index is 12.6. The van der Waals surface area contributed by atoms with Gasteiger partial charge in [0.2, 0.25) is 0 Å². The van der Waals surface area contributed by atoms with Crippen LogP contribution in [0.4, 0.5) is 0 Å². The SMILES string of the molecule is Cc1[nH]ncc1C1CCN(C(=O)c2cc(C(C)(C)C)on2)CC1. The van der Waals surface area contributed by atoms with E-state index in [1.165, 1.54) is 5.56 Å². The summed E-state index contributed by atoms with van der Waals surface area (Å²) in [7, 11) is 0. The fraction of sp³-hybridized carbons (Fsp3) is 0.588. The van der Waals surface area contributed by atoms with Crippen molar-refractivity contribution in [1.82, 2.24) is 20.3 Å². The zero-order valence-corrected chi connectivity index (χ0v) is 14.2. The van der Waals surface area contributed by atoms with Crippen molar-refractivity contribution in [3.8, 4) is 0 Å². The number of likely N-dealkylation sites (tertiary alicyclic amines) is 1. The van der Waals surface area contributed by atoms with Crippen LogP contribution >= 0.6 is 0 Å². The van der Waals surface area contributed by atoms with E-state index >= 15 is 0 Å². The average molecular weight is 316 g/mol. The van der Waals surface area contributed by atoms with Crippen molar-refractivity contribution in [2.75, 3.05) is 13.1 Å². The van der Waals surface area contributed by atoms with Crippen LogP contribution in [0.25, 0.3) is 0 Å². The predicted octanol–water partition coefficient (Wildman–Crippen LogP) is 3.02. The van der Waals surface area contributed by atoms with Crippen molar-refractivity contribution >= 4 is 5.91 Å². The number of aromatic nitrogens is 3. The molecule has 2 aromatic rings. The highest BCUT2D eigenvalue weighted by Gasteiger charge is 2.29. The van der Waals surface area contributed by atoms with Crippen LogP contribution < -0.4 is 0 Å². The van der Waals surface area contributed by atoms with E-state index < -0.39 is 0 Å². The Balaban J connectivity index is 1.64. The Morgan fingerprint density at radius 3 is 2.57 bits per heavy atom. The summed E-state index contributed by atoms with van der Waals surface area (Å²) < 4.78 is 5.33. The van der Waals surface area contributed by atoms with Gasteiger partial charge >= 0.3 is 0 Å². The van der Waals surface area contributed by atoms with Gasteiger partial charge in [-0.2, -0.15) is 5.10 Å². The second-order valence-corrected chi connectivity index (χ2v) is 7.34. The van der Waals surface area contributed by atoms with Gasteiger partial charge in [0.1, 0.15) is 5.76 Å². The molecule has 1 saturated heterocycles. The largest absolute Gasteiger partial charge is 0.360 e. The van der Waals surface area contributed by atoms with Crippen LogP contribution in [0.15, 0.2) is 16.8 Å². The Labute approximate surface area is 136 Å². The number of hydrogen-bond donors (Lipinski definition) is 1. The third-order valence-electron chi connectivity index (χ3n) is 4.56. The third-order valence-corrected chi connectivity index (χ3v) is 4.56. The normalized spacial score (nSPS) is 16.8. The predicted molar refractivity (Wildman–Crippen MR) is 86.4 cm³/mol. The molecule has 6 nitrogen and oxygen atoms in total. The molecule has 6 heteroatoms. The van der Waals surface area contributed by atoms with Crippen molar-refractivity contribution < 1.29 is 9.32 Å². The molecule has 0 bridgehead atoms. The molecule has 0 aliphatic carbocycles. The lowest BCUT2D eigenvalue weighted by Crippen LogP contribution is -2.38. The molecule has 23 heavy (non-hydrogen) atoms. The van der Waals surface area contributed by atoms with Crippen molar-refractivity contribution in [1.29, 1.82) is 0 Å². The molecule has 0 spiro atoms. The number of amides is 1. The van der Waals surface area contributed by atoms with E-state index in [2.05, 4.69) is 15.4 Å². The Morgan fingerprint density at radius 1 is 1.35 bits per heavy atom. The van der Waals surface area contributed by atoms with E-state index in [1.807, 2.05) is 38.8 Å². The molecule has 1 N–H and O–H groups in total. The lowest BCUT2D eigenvalue weighted by Gasteiger charge is -2.31. The van der Waals surface area contributed by atoms with Gasteiger partial charge in [-0.3, -0.25) is 9.89 Å². The fourth-order valence-corrected chi connectivity index (χ4v) is 3.06. The lowest BCUT2D eigenvalue weighted by molar-refractivity contribution is 0.0702. The first-order chi connectivity index (χ1) is 10.9. The molecule has 1 fully saturated rings. The van der Waals surface area contributed by atoms with E-state index in [9.17, 15) is 4.79 Å². The van der Waals surface area contributed by atoms with Gasteiger partial charge in [0.15, 0.2) is 5.69 Å². The highest BCUT2D eigenvalue weighted by Crippen LogP contribution is 2.30. The topological polar surface area (TPSA) is 75.0 Å². The zero-order chi connectivity index (χ0) is 16.6. The summed E-state index contributed by atoms with van der Waals surface area (Å²) in [5.41, 5.74) is 2.67. The smallest absolute Gasteiger partial charge is 0.276 e. The minimum Gasteiger partial charge on any atom is -0.360 e. The Bertz CT molecular complexity index is 688. The first-order valence-electron chi connectivity index (χ1n) is 8.12. The van der Waals surface area contributed by atoms with E-state index in [4.69, 9.17) is 4.52 Å². The van der Waals surface area contributed by atoms with Gasteiger partial charge in [0.25, 0.3) is 5.91 Å². The van der Waals surface area contributed by atoms with E-state index in [1.54, 1.807) is 6.07 Å². The summed E-state index contributed by atoms with van der Waals surface area (Å²) in [6.07, 6.45) is 3.82. The van der Waals surface area contributed by atoms with Crippen LogP contribution in [0, 0.1) is 6.92 Å². The van der Waals surface area contributed by atoms with Crippen LogP contribution in [0.2, 0.25) is 0 Å². The van der Waals surface area contributed by atoms with Crippen LogP contribution in [0.5, 0.6) is 0 Å². The van der Waals surface area contributed by atoms with Gasteiger partial charge in [-0.25, -0.2) is 0 Å². The summed E-state index contributed by atoms with van der Waals surface area (Å²) in [5.74, 6) is 1.18. The number of nitrogens with zero attached hydrogens (tertiary/aromatic N) is 3. The third kappa shape index (κ3) is 3.16. The number of rotatable bonds is 2. The van der Waals surface area contributed by atoms with Crippen molar-refractivity contribution in [2.24, 2.45) is 0 Å². The summed E-state index contributed by atoms with van der Waals surface area (Å²) >= 11 is 0. The minimum atomic E-state index is -0.142. The molecule has 1 aliphatic heterocycles. The van der Waals surface area contributed by atoms with Gasteiger partial charge in [0.05, 0.1) is 6.20 Å². The molecule has 0 unspecified atom stereocenters. The molecule has 1 aliphatic rings. The number of hydrogen-bond acceptors (Lipinski definition) is 4. The first kappa shape index (κ1) is 15.8. The van der Waals surface area contributed by atoms with E-state index in [0.717, 1.165) is 37.4 Å². The van der Waals surface area contributed by atoms with Crippen molar-refractivity contribution in [2.45, 2.75) is 51.9 Å². The van der Waals surface area contributed by atoms with Gasteiger partial charge in [0, 0.05) is 30.3 Å². The number of carbonyl (C=O) groups excluding carboxylic acids is 1. The fourth-order valence-electron chi connectivity index (χ4n) is 3.06. The monoisotopic (exact) mass is 316 g/mol. The maximum Gasteiger partial charge on any atom is 0.276 e. The number of piperidine rings is 1. The quantitative estimate of drug-likeness (QED) is 0.924. The number of H-pyrrole nitrogens is 1. The lowest BCUT2D eigenvalue weighted by atomic mass is 9.89. The molecule has 0 atom stereocenters. The zero-order valence-electron chi connectivity index (χ0n) is 14.2. The number of carbonyl (C=O) groups is 1. The molecule has 2 aromatic heterocycles. The molecule has 0 saturated carbocycles. The molecule has 0 radical (unpaired) electrons. The molecule has 1 amide bonds. The molecule has 124 valence electrons. The van der Waals surface area contributed by atoms with Gasteiger partial charge in [-0.15, -0.1) is 0 Å². The molecular weight excluding hydrogens is 292 g/mol. The molecule has 3 rings (SSSR count). The maximum atomic E-state index is 12.6. The summed E-state index contributed by atoms with van der Waals surface area (Å²) in [6, 6.07) is 1.77. The van der Waals surface area contributed by atoms with Crippen LogP contribution in [-0.4, -0.2) is 39.3 Å². The Kier molecular flexibility index (Phi) is 4.00. The van der Waals surface area contributed by atoms with E-state index in [-0.39, 0.29) is 11.3 Å². The van der Waals surface area contributed by atoms with Gasteiger partial charge in [-0.1, -0.05) is 25.9 Å². The second kappa shape index (κ2) is 5.83. The minimum absolute atomic E-state index is 0.0355. The van der Waals surface area contributed by atoms with Crippen molar-refractivity contribution in [3.63, 3.8) is 0 Å². The molecule has 3 heterocycles. The Hall–Kier alpha value is -2.11. The van der Waals surface area contributed by atoms with Crippen molar-refractivity contribution in [3.05, 3.63) is 35.0 Å². The summed E-state index contributed by atoms with van der Waals surface area (Å²) in [6.45, 7) is 9.66. The number of nitrogens with one attached hydrogen (secondary N) is 1. The van der Waals surface area contributed by atoms with E-state index in [0.29, 0.717) is 11.6 Å². The Morgan fingerprint density at radius 2 is 2.04 bits per heavy atom. The number of aromatic amines is 1.